The Morgan fingerprint density at radius 2 is 1.97 bits per heavy atom. The van der Waals surface area contributed by atoms with Crippen LogP contribution in [-0.4, -0.2) is 43.5 Å². The fourth-order valence-corrected chi connectivity index (χ4v) is 3.23. The van der Waals surface area contributed by atoms with Crippen molar-refractivity contribution in [2.45, 2.75) is 12.8 Å². The maximum absolute atomic E-state index is 12.6. The summed E-state index contributed by atoms with van der Waals surface area (Å²) in [5, 5.41) is 2.88. The van der Waals surface area contributed by atoms with E-state index in [0.717, 1.165) is 12.8 Å². The Morgan fingerprint density at radius 3 is 2.66 bits per heavy atom. The molecule has 0 saturated carbocycles. The van der Waals surface area contributed by atoms with Gasteiger partial charge >= 0.3 is 0 Å². The van der Waals surface area contributed by atoms with Crippen molar-refractivity contribution in [1.29, 1.82) is 0 Å². The fraction of sp³-hybridized carbons (Fsp3) is 0.333. The number of nitrogens with zero attached hydrogens (tertiary/aromatic N) is 1. The maximum atomic E-state index is 12.6. The molecule has 2 amide bonds. The minimum absolute atomic E-state index is 0. The van der Waals surface area contributed by atoms with Crippen LogP contribution in [0.15, 0.2) is 48.5 Å². The van der Waals surface area contributed by atoms with Crippen LogP contribution in [0.25, 0.3) is 0 Å². The summed E-state index contributed by atoms with van der Waals surface area (Å²) in [4.78, 5) is 26.8. The Kier molecular flexibility index (Phi) is 8.15. The summed E-state index contributed by atoms with van der Waals surface area (Å²) in [6.45, 7) is 0.984. The highest BCUT2D eigenvalue weighted by Crippen LogP contribution is 2.26. The molecule has 0 bridgehead atoms. The van der Waals surface area contributed by atoms with Crippen molar-refractivity contribution in [3.05, 3.63) is 48.5 Å². The molecular weight excluding hydrogens is 394 g/mol. The number of benzene rings is 2. The number of para-hydroxylation sites is 1. The number of anilines is 2. The lowest BCUT2D eigenvalue weighted by Crippen LogP contribution is -2.45. The molecule has 0 aliphatic carbocycles. The van der Waals surface area contributed by atoms with E-state index in [-0.39, 0.29) is 36.7 Å². The molecule has 1 heterocycles. The lowest BCUT2D eigenvalue weighted by atomic mass is 9.97. The summed E-state index contributed by atoms with van der Waals surface area (Å²) < 4.78 is 10.7. The Balaban J connectivity index is 0.00000300. The van der Waals surface area contributed by atoms with Crippen molar-refractivity contribution >= 4 is 35.6 Å². The first-order valence-electron chi connectivity index (χ1n) is 9.27. The van der Waals surface area contributed by atoms with E-state index in [1.807, 2.05) is 18.2 Å². The first-order chi connectivity index (χ1) is 13.6. The van der Waals surface area contributed by atoms with Gasteiger partial charge in [-0.3, -0.25) is 9.59 Å². The molecule has 2 aromatic rings. The van der Waals surface area contributed by atoms with Gasteiger partial charge in [0, 0.05) is 18.8 Å². The topological polar surface area (TPSA) is 93.9 Å². The smallest absolute Gasteiger partial charge is 0.260 e. The Bertz CT molecular complexity index is 832. The molecular formula is C21H26ClN3O4. The van der Waals surface area contributed by atoms with Crippen molar-refractivity contribution in [2.75, 3.05) is 37.9 Å². The summed E-state index contributed by atoms with van der Waals surface area (Å²) in [5.41, 5.74) is 6.95. The van der Waals surface area contributed by atoms with E-state index in [2.05, 4.69) is 5.32 Å². The average Bonchev–Trinajstić information content (AvgIpc) is 2.73. The van der Waals surface area contributed by atoms with E-state index in [9.17, 15) is 9.59 Å². The summed E-state index contributed by atoms with van der Waals surface area (Å²) in [7, 11) is 1.54. The molecule has 1 unspecified atom stereocenters. The third-order valence-electron chi connectivity index (χ3n) is 4.75. The zero-order valence-electron chi connectivity index (χ0n) is 16.3. The molecule has 1 aliphatic heterocycles. The van der Waals surface area contributed by atoms with Crippen LogP contribution in [0, 0.1) is 5.92 Å². The number of nitrogens with one attached hydrogen (secondary N) is 1. The number of hydrogen-bond donors (Lipinski definition) is 2. The summed E-state index contributed by atoms with van der Waals surface area (Å²) >= 11 is 0. The highest BCUT2D eigenvalue weighted by Gasteiger charge is 2.28. The van der Waals surface area contributed by atoms with Crippen molar-refractivity contribution in [1.82, 2.24) is 4.90 Å². The van der Waals surface area contributed by atoms with Crippen LogP contribution in [-0.2, 0) is 9.59 Å². The molecule has 29 heavy (non-hydrogen) atoms. The number of carbonyl (C=O) groups is 2. The number of nitrogen functional groups attached to an aromatic ring is 1. The maximum Gasteiger partial charge on any atom is 0.260 e. The molecule has 1 saturated heterocycles. The van der Waals surface area contributed by atoms with Crippen LogP contribution in [0.4, 0.5) is 11.4 Å². The number of piperidine rings is 1. The van der Waals surface area contributed by atoms with Crippen LogP contribution in [0.3, 0.4) is 0 Å². The predicted molar refractivity (Wildman–Crippen MR) is 115 cm³/mol. The monoisotopic (exact) mass is 419 g/mol. The first-order valence-corrected chi connectivity index (χ1v) is 9.27. The number of hydrogen-bond acceptors (Lipinski definition) is 5. The van der Waals surface area contributed by atoms with Crippen LogP contribution in [0.5, 0.6) is 11.5 Å². The quantitative estimate of drug-likeness (QED) is 0.702. The molecule has 1 fully saturated rings. The molecule has 0 radical (unpaired) electrons. The van der Waals surface area contributed by atoms with Gasteiger partial charge < -0.3 is 25.4 Å². The molecule has 3 rings (SSSR count). The Morgan fingerprint density at radius 1 is 1.21 bits per heavy atom. The molecule has 1 atom stereocenters. The van der Waals surface area contributed by atoms with Gasteiger partial charge in [-0.05, 0) is 43.2 Å². The highest BCUT2D eigenvalue weighted by molar-refractivity contribution is 5.94. The number of nitrogens with two attached hydrogens (primary N) is 1. The van der Waals surface area contributed by atoms with Crippen molar-refractivity contribution in [2.24, 2.45) is 5.92 Å². The van der Waals surface area contributed by atoms with Crippen molar-refractivity contribution < 1.29 is 19.1 Å². The molecule has 0 spiro atoms. The van der Waals surface area contributed by atoms with Gasteiger partial charge in [-0.1, -0.05) is 18.2 Å². The first kappa shape index (κ1) is 22.4. The van der Waals surface area contributed by atoms with E-state index in [1.54, 1.807) is 42.3 Å². The van der Waals surface area contributed by atoms with Crippen LogP contribution in [0.2, 0.25) is 0 Å². The number of likely N-dealkylation sites (tertiary alicyclic amines) is 1. The van der Waals surface area contributed by atoms with Crippen LogP contribution < -0.4 is 20.5 Å². The van der Waals surface area contributed by atoms with Crippen LogP contribution >= 0.6 is 12.4 Å². The minimum Gasteiger partial charge on any atom is -0.495 e. The normalized spacial score (nSPS) is 15.8. The molecule has 2 aromatic carbocycles. The van der Waals surface area contributed by atoms with Gasteiger partial charge in [0.25, 0.3) is 5.91 Å². The van der Waals surface area contributed by atoms with Gasteiger partial charge in [-0.25, -0.2) is 0 Å². The van der Waals surface area contributed by atoms with Crippen LogP contribution in [0.1, 0.15) is 12.8 Å². The third-order valence-corrected chi connectivity index (χ3v) is 4.75. The van der Waals surface area contributed by atoms with Gasteiger partial charge in [-0.2, -0.15) is 0 Å². The van der Waals surface area contributed by atoms with Crippen molar-refractivity contribution in [3.63, 3.8) is 0 Å². The number of rotatable bonds is 6. The predicted octanol–water partition coefficient (Wildman–Crippen LogP) is 2.96. The largest absolute Gasteiger partial charge is 0.495 e. The van der Waals surface area contributed by atoms with E-state index >= 15 is 0 Å². The van der Waals surface area contributed by atoms with E-state index in [0.29, 0.717) is 36.0 Å². The zero-order chi connectivity index (χ0) is 19.9. The van der Waals surface area contributed by atoms with Gasteiger partial charge in [0.05, 0.1) is 18.7 Å². The summed E-state index contributed by atoms with van der Waals surface area (Å²) in [6, 6.07) is 14.3. The highest BCUT2D eigenvalue weighted by atomic mass is 35.5. The Hall–Kier alpha value is -2.93. The Labute approximate surface area is 176 Å². The fourth-order valence-electron chi connectivity index (χ4n) is 3.23. The van der Waals surface area contributed by atoms with Gasteiger partial charge in [0.2, 0.25) is 5.91 Å². The molecule has 8 heteroatoms. The summed E-state index contributed by atoms with van der Waals surface area (Å²) in [6.07, 6.45) is 1.51. The summed E-state index contributed by atoms with van der Waals surface area (Å²) in [5.74, 6) is 0.712. The number of halogens is 1. The number of methoxy groups -OCH3 is 1. The molecule has 0 aromatic heterocycles. The third kappa shape index (κ3) is 6.02. The number of amides is 2. The van der Waals surface area contributed by atoms with Gasteiger partial charge in [0.1, 0.15) is 11.5 Å². The lowest BCUT2D eigenvalue weighted by molar-refractivity contribution is -0.136. The van der Waals surface area contributed by atoms with E-state index in [4.69, 9.17) is 15.2 Å². The second-order valence-corrected chi connectivity index (χ2v) is 6.73. The molecule has 1 aliphatic rings. The van der Waals surface area contributed by atoms with Crippen molar-refractivity contribution in [3.8, 4) is 11.5 Å². The van der Waals surface area contributed by atoms with Gasteiger partial charge in [-0.15, -0.1) is 12.4 Å². The second kappa shape index (κ2) is 10.6. The minimum atomic E-state index is -0.266. The second-order valence-electron chi connectivity index (χ2n) is 6.73. The average molecular weight is 420 g/mol. The standard InChI is InChI=1S/C21H25N3O4.ClH/c1-27-19-10-9-16(12-18(19)22)23-21(26)15-6-5-11-24(13-15)20(25)14-28-17-7-3-2-4-8-17;/h2-4,7-10,12,15H,5-6,11,13-14,22H2,1H3,(H,23,26);1H. The molecule has 3 N–H and O–H groups in total. The number of carbonyl (C=O) groups excluding carboxylic acids is 2. The number of ether oxygens (including phenoxy) is 2. The molecule has 7 nitrogen and oxygen atoms in total. The van der Waals surface area contributed by atoms with E-state index < -0.39 is 0 Å². The lowest BCUT2D eigenvalue weighted by Gasteiger charge is -2.32. The zero-order valence-corrected chi connectivity index (χ0v) is 17.1. The molecule has 156 valence electrons. The SMILES string of the molecule is COc1ccc(NC(=O)C2CCCN(C(=O)COc3ccccc3)C2)cc1N.Cl. The van der Waals surface area contributed by atoms with E-state index in [1.165, 1.54) is 0 Å². The van der Waals surface area contributed by atoms with Gasteiger partial charge in [0.15, 0.2) is 6.61 Å².